The van der Waals surface area contributed by atoms with E-state index in [9.17, 15) is 24.3 Å². The Morgan fingerprint density at radius 3 is 1.97 bits per heavy atom. The topological polar surface area (TPSA) is 151 Å². The van der Waals surface area contributed by atoms with Gasteiger partial charge < -0.3 is 26.8 Å². The van der Waals surface area contributed by atoms with E-state index in [1.54, 1.807) is 6.92 Å². The third-order valence-electron chi connectivity index (χ3n) is 6.45. The van der Waals surface area contributed by atoms with Crippen LogP contribution in [0.15, 0.2) is 30.3 Å². The highest BCUT2D eigenvalue weighted by atomic mass is 32.2. The minimum absolute atomic E-state index is 0.214. The van der Waals surface area contributed by atoms with Crippen LogP contribution in [0, 0.1) is 11.8 Å². The highest BCUT2D eigenvalue weighted by Gasteiger charge is 2.33. The van der Waals surface area contributed by atoms with Crippen LogP contribution in [0.3, 0.4) is 0 Å². The maximum Gasteiger partial charge on any atom is 0.326 e. The molecule has 1 aromatic carbocycles. The van der Waals surface area contributed by atoms with Gasteiger partial charge in [0.2, 0.25) is 17.7 Å². The van der Waals surface area contributed by atoms with E-state index in [1.165, 1.54) is 11.8 Å². The van der Waals surface area contributed by atoms with Crippen molar-refractivity contribution in [2.24, 2.45) is 17.6 Å². The van der Waals surface area contributed by atoms with E-state index in [0.717, 1.165) is 5.56 Å². The molecule has 1 aromatic rings. The van der Waals surface area contributed by atoms with Crippen molar-refractivity contribution in [1.82, 2.24) is 16.0 Å². The number of benzene rings is 1. The van der Waals surface area contributed by atoms with Crippen molar-refractivity contribution in [3.63, 3.8) is 0 Å². The summed E-state index contributed by atoms with van der Waals surface area (Å²) in [4.78, 5) is 50.8. The summed E-state index contributed by atoms with van der Waals surface area (Å²) in [5, 5.41) is 17.6. The van der Waals surface area contributed by atoms with Crippen molar-refractivity contribution < 1.29 is 24.3 Å². The van der Waals surface area contributed by atoms with E-state index in [4.69, 9.17) is 5.73 Å². The zero-order chi connectivity index (χ0) is 27.3. The van der Waals surface area contributed by atoms with Gasteiger partial charge in [0.25, 0.3) is 0 Å². The third-order valence-corrected chi connectivity index (χ3v) is 7.09. The second-order valence-electron chi connectivity index (χ2n) is 9.22. The van der Waals surface area contributed by atoms with Crippen LogP contribution < -0.4 is 21.7 Å². The Labute approximate surface area is 218 Å². The molecule has 3 amide bonds. The number of carbonyl (C=O) groups is 4. The normalized spacial score (nSPS) is 16.1. The molecule has 6 atom stereocenters. The molecular formula is C26H42N4O5S. The molecule has 0 aromatic heterocycles. The highest BCUT2D eigenvalue weighted by molar-refractivity contribution is 7.98. The fraction of sp³-hybridized carbons (Fsp3) is 0.615. The van der Waals surface area contributed by atoms with Crippen molar-refractivity contribution in [2.75, 3.05) is 12.0 Å². The number of carbonyl (C=O) groups excluding carboxylic acids is 3. The number of hydrogen-bond acceptors (Lipinski definition) is 6. The van der Waals surface area contributed by atoms with Gasteiger partial charge in [-0.1, -0.05) is 70.9 Å². The summed E-state index contributed by atoms with van der Waals surface area (Å²) in [6.07, 6.45) is 3.71. The fourth-order valence-corrected chi connectivity index (χ4v) is 4.10. The van der Waals surface area contributed by atoms with Crippen LogP contribution in [0.4, 0.5) is 0 Å². The summed E-state index contributed by atoms with van der Waals surface area (Å²) < 4.78 is 0. The number of nitrogens with one attached hydrogen (secondary N) is 3. The van der Waals surface area contributed by atoms with E-state index < -0.39 is 47.9 Å². The van der Waals surface area contributed by atoms with Gasteiger partial charge in [0.15, 0.2) is 0 Å². The first-order valence-corrected chi connectivity index (χ1v) is 13.9. The van der Waals surface area contributed by atoms with Crippen LogP contribution in [0.1, 0.15) is 52.5 Å². The van der Waals surface area contributed by atoms with Gasteiger partial charge in [-0.25, -0.2) is 4.79 Å². The molecule has 0 radical (unpaired) electrons. The predicted octanol–water partition coefficient (Wildman–Crippen LogP) is 1.94. The molecule has 0 bridgehead atoms. The Bertz CT molecular complexity index is 854. The van der Waals surface area contributed by atoms with E-state index in [2.05, 4.69) is 16.0 Å². The number of thioether (sulfide) groups is 1. The van der Waals surface area contributed by atoms with Crippen molar-refractivity contribution in [1.29, 1.82) is 0 Å². The first kappa shape index (κ1) is 31.4. The lowest BCUT2D eigenvalue weighted by Gasteiger charge is -2.28. The molecule has 1 rings (SSSR count). The summed E-state index contributed by atoms with van der Waals surface area (Å²) in [6, 6.07) is 5.65. The predicted molar refractivity (Wildman–Crippen MR) is 143 cm³/mol. The number of carboxylic acid groups (broad SMARTS) is 1. The molecule has 0 saturated heterocycles. The van der Waals surface area contributed by atoms with Crippen LogP contribution in [-0.2, 0) is 25.6 Å². The molecule has 0 spiro atoms. The Morgan fingerprint density at radius 1 is 0.889 bits per heavy atom. The molecule has 6 unspecified atom stereocenters. The number of aliphatic carboxylic acids is 1. The lowest BCUT2D eigenvalue weighted by atomic mass is 9.96. The van der Waals surface area contributed by atoms with Gasteiger partial charge in [-0.15, -0.1) is 0 Å². The SMILES string of the molecule is CCC(C)C(NC(=O)C(CCSC)NC(=O)C(NC(=O)C(N)Cc1ccccc1)C(C)CC)C(=O)O. The lowest BCUT2D eigenvalue weighted by molar-refractivity contribution is -0.144. The van der Waals surface area contributed by atoms with Gasteiger partial charge in [-0.2, -0.15) is 11.8 Å². The molecule has 10 heteroatoms. The first-order valence-electron chi connectivity index (χ1n) is 12.5. The van der Waals surface area contributed by atoms with Crippen LogP contribution in [-0.4, -0.2) is 65.0 Å². The van der Waals surface area contributed by atoms with Gasteiger partial charge in [0.05, 0.1) is 6.04 Å². The Balaban J connectivity index is 2.98. The minimum Gasteiger partial charge on any atom is -0.480 e. The summed E-state index contributed by atoms with van der Waals surface area (Å²) >= 11 is 1.51. The van der Waals surface area contributed by atoms with Crippen molar-refractivity contribution >= 4 is 35.5 Å². The number of rotatable bonds is 16. The minimum atomic E-state index is -1.12. The molecule has 0 aliphatic rings. The summed E-state index contributed by atoms with van der Waals surface area (Å²) in [7, 11) is 0. The summed E-state index contributed by atoms with van der Waals surface area (Å²) in [5.41, 5.74) is 7.02. The van der Waals surface area contributed by atoms with Crippen LogP contribution in [0.2, 0.25) is 0 Å². The third kappa shape index (κ3) is 10.2. The molecule has 202 valence electrons. The Hall–Kier alpha value is -2.59. The van der Waals surface area contributed by atoms with Gasteiger partial charge in [0, 0.05) is 0 Å². The molecule has 0 saturated carbocycles. The molecule has 9 nitrogen and oxygen atoms in total. The second-order valence-corrected chi connectivity index (χ2v) is 10.2. The smallest absolute Gasteiger partial charge is 0.326 e. The standard InChI is InChI=1S/C26H42N4O5S/c1-6-16(3)21(29-23(31)19(27)15-18-11-9-8-10-12-18)25(33)28-20(13-14-36-5)24(32)30-22(26(34)35)17(4)7-2/h8-12,16-17,19-22H,6-7,13-15,27H2,1-5H3,(H,28,33)(H,29,31)(H,30,32)(H,34,35). The number of carboxylic acids is 1. The lowest BCUT2D eigenvalue weighted by Crippen LogP contribution is -2.59. The van der Waals surface area contributed by atoms with Crippen LogP contribution >= 0.6 is 11.8 Å². The van der Waals surface area contributed by atoms with Crippen molar-refractivity contribution in [3.8, 4) is 0 Å². The summed E-state index contributed by atoms with van der Waals surface area (Å²) in [5.74, 6) is -2.53. The number of nitrogens with two attached hydrogens (primary N) is 1. The maximum absolute atomic E-state index is 13.3. The molecule has 6 N–H and O–H groups in total. The zero-order valence-corrected chi connectivity index (χ0v) is 22.8. The zero-order valence-electron chi connectivity index (χ0n) is 22.0. The van der Waals surface area contributed by atoms with E-state index in [1.807, 2.05) is 57.4 Å². The Morgan fingerprint density at radius 2 is 1.44 bits per heavy atom. The molecule has 0 fully saturated rings. The average molecular weight is 523 g/mol. The van der Waals surface area contributed by atoms with Crippen LogP contribution in [0.25, 0.3) is 0 Å². The van der Waals surface area contributed by atoms with Crippen LogP contribution in [0.5, 0.6) is 0 Å². The first-order chi connectivity index (χ1) is 17.0. The Kier molecular flexibility index (Phi) is 14.2. The average Bonchev–Trinajstić information content (AvgIpc) is 2.87. The molecule has 0 aliphatic heterocycles. The molecule has 0 heterocycles. The molecular weight excluding hydrogens is 480 g/mol. The van der Waals surface area contributed by atoms with E-state index in [-0.39, 0.29) is 11.8 Å². The van der Waals surface area contributed by atoms with Gasteiger partial charge >= 0.3 is 5.97 Å². The van der Waals surface area contributed by atoms with Crippen molar-refractivity contribution in [3.05, 3.63) is 35.9 Å². The monoisotopic (exact) mass is 522 g/mol. The van der Waals surface area contributed by atoms with Crippen molar-refractivity contribution in [2.45, 2.75) is 77.5 Å². The summed E-state index contributed by atoms with van der Waals surface area (Å²) in [6.45, 7) is 7.35. The number of amides is 3. The van der Waals surface area contributed by atoms with Gasteiger partial charge in [-0.05, 0) is 42.2 Å². The van der Waals surface area contributed by atoms with E-state index >= 15 is 0 Å². The number of hydrogen-bond donors (Lipinski definition) is 5. The quantitative estimate of drug-likeness (QED) is 0.223. The van der Waals surface area contributed by atoms with Gasteiger partial charge in [-0.3, -0.25) is 14.4 Å². The highest BCUT2D eigenvalue weighted by Crippen LogP contribution is 2.12. The van der Waals surface area contributed by atoms with E-state index in [0.29, 0.717) is 31.4 Å². The fourth-order valence-electron chi connectivity index (χ4n) is 3.63. The largest absolute Gasteiger partial charge is 0.480 e. The second kappa shape index (κ2) is 16.2. The molecule has 0 aliphatic carbocycles. The van der Waals surface area contributed by atoms with Gasteiger partial charge in [0.1, 0.15) is 18.1 Å². The maximum atomic E-state index is 13.3. The molecule has 36 heavy (non-hydrogen) atoms.